The first-order valence-electron chi connectivity index (χ1n) is 7.12. The Morgan fingerprint density at radius 1 is 1.17 bits per heavy atom. The van der Waals surface area contributed by atoms with Gasteiger partial charge >= 0.3 is 0 Å². The minimum absolute atomic E-state index is 0.0869. The van der Waals surface area contributed by atoms with E-state index in [0.29, 0.717) is 17.0 Å². The highest BCUT2D eigenvalue weighted by molar-refractivity contribution is 5.74. The molecule has 0 aromatic heterocycles. The Balaban J connectivity index is 2.57. The molecular formula is C17H19FN2O3. The molecule has 0 heterocycles. The molecule has 0 atom stereocenters. The van der Waals surface area contributed by atoms with Gasteiger partial charge in [-0.25, -0.2) is 4.39 Å². The molecule has 0 aliphatic rings. The van der Waals surface area contributed by atoms with Crippen LogP contribution in [0.4, 0.5) is 21.5 Å². The second-order valence-corrected chi connectivity index (χ2v) is 6.18. The maximum atomic E-state index is 14.0. The molecule has 2 aromatic rings. The lowest BCUT2D eigenvalue weighted by Crippen LogP contribution is -2.14. The lowest BCUT2D eigenvalue weighted by molar-refractivity contribution is -0.383. The zero-order chi connectivity index (χ0) is 17.2. The summed E-state index contributed by atoms with van der Waals surface area (Å²) < 4.78 is 19.4. The summed E-state index contributed by atoms with van der Waals surface area (Å²) in [6.45, 7) is 5.83. The van der Waals surface area contributed by atoms with Crippen molar-refractivity contribution in [3.8, 4) is 5.75 Å². The topological polar surface area (TPSA) is 64.4 Å². The van der Waals surface area contributed by atoms with Crippen molar-refractivity contribution in [2.45, 2.75) is 26.2 Å². The average Bonchev–Trinajstić information content (AvgIpc) is 2.46. The summed E-state index contributed by atoms with van der Waals surface area (Å²) in [6, 6.07) is 8.89. The number of methoxy groups -OCH3 is 1. The largest absolute Gasteiger partial charge is 0.494 e. The number of hydrogen-bond donors (Lipinski definition) is 1. The van der Waals surface area contributed by atoms with Crippen molar-refractivity contribution in [2.75, 3.05) is 12.4 Å². The van der Waals surface area contributed by atoms with Crippen LogP contribution in [0.15, 0.2) is 36.4 Å². The summed E-state index contributed by atoms with van der Waals surface area (Å²) in [7, 11) is 1.49. The van der Waals surface area contributed by atoms with Crippen LogP contribution in [0.3, 0.4) is 0 Å². The van der Waals surface area contributed by atoms with E-state index in [1.165, 1.54) is 25.3 Å². The van der Waals surface area contributed by atoms with Gasteiger partial charge in [0.1, 0.15) is 17.3 Å². The zero-order valence-electron chi connectivity index (χ0n) is 13.5. The molecular weight excluding hydrogens is 299 g/mol. The maximum absolute atomic E-state index is 14.0. The molecule has 2 rings (SSSR count). The summed E-state index contributed by atoms with van der Waals surface area (Å²) in [5, 5.41) is 14.0. The predicted molar refractivity (Wildman–Crippen MR) is 88.0 cm³/mol. The number of nitro groups is 1. The van der Waals surface area contributed by atoms with E-state index in [9.17, 15) is 14.5 Å². The highest BCUT2D eigenvalue weighted by Gasteiger charge is 2.24. The quantitative estimate of drug-likeness (QED) is 0.650. The van der Waals surface area contributed by atoms with Crippen LogP contribution in [0.2, 0.25) is 0 Å². The van der Waals surface area contributed by atoms with Crippen molar-refractivity contribution in [2.24, 2.45) is 0 Å². The van der Waals surface area contributed by atoms with Gasteiger partial charge in [0.05, 0.1) is 17.7 Å². The number of ether oxygens (including phenoxy) is 1. The summed E-state index contributed by atoms with van der Waals surface area (Å²) in [6.07, 6.45) is 0. The van der Waals surface area contributed by atoms with Crippen LogP contribution in [-0.2, 0) is 5.41 Å². The first-order valence-corrected chi connectivity index (χ1v) is 7.12. The molecule has 0 aliphatic heterocycles. The average molecular weight is 318 g/mol. The van der Waals surface area contributed by atoms with E-state index in [1.54, 1.807) is 18.2 Å². The first-order chi connectivity index (χ1) is 10.7. The van der Waals surface area contributed by atoms with Crippen LogP contribution >= 0.6 is 0 Å². The summed E-state index contributed by atoms with van der Waals surface area (Å²) >= 11 is 0. The van der Waals surface area contributed by atoms with Crippen LogP contribution in [0.25, 0.3) is 0 Å². The summed E-state index contributed by atoms with van der Waals surface area (Å²) in [5.74, 6) is 0.0360. The zero-order valence-corrected chi connectivity index (χ0v) is 13.5. The smallest absolute Gasteiger partial charge is 0.292 e. The Kier molecular flexibility index (Phi) is 4.54. The van der Waals surface area contributed by atoms with E-state index in [4.69, 9.17) is 4.74 Å². The van der Waals surface area contributed by atoms with E-state index in [1.807, 2.05) is 20.8 Å². The first kappa shape index (κ1) is 16.7. The second-order valence-electron chi connectivity index (χ2n) is 6.18. The molecule has 23 heavy (non-hydrogen) atoms. The Morgan fingerprint density at radius 3 is 2.39 bits per heavy atom. The fraction of sp³-hybridized carbons (Fsp3) is 0.294. The summed E-state index contributed by atoms with van der Waals surface area (Å²) in [5.41, 5.74) is 0.886. The molecule has 0 spiro atoms. The van der Waals surface area contributed by atoms with Crippen molar-refractivity contribution >= 4 is 17.1 Å². The van der Waals surface area contributed by atoms with Crippen molar-refractivity contribution in [3.63, 3.8) is 0 Å². The molecule has 5 nitrogen and oxygen atoms in total. The van der Waals surface area contributed by atoms with Crippen molar-refractivity contribution in [3.05, 3.63) is 57.9 Å². The fourth-order valence-corrected chi connectivity index (χ4v) is 2.35. The molecule has 0 radical (unpaired) electrons. The van der Waals surface area contributed by atoms with Crippen LogP contribution in [0.1, 0.15) is 26.3 Å². The third-order valence-electron chi connectivity index (χ3n) is 3.44. The van der Waals surface area contributed by atoms with Crippen LogP contribution < -0.4 is 10.1 Å². The number of nitro benzene ring substituents is 1. The number of nitrogens with zero attached hydrogens (tertiary/aromatic N) is 1. The highest BCUT2D eigenvalue weighted by atomic mass is 19.1. The molecule has 0 unspecified atom stereocenters. The monoisotopic (exact) mass is 318 g/mol. The lowest BCUT2D eigenvalue weighted by Gasteiger charge is -2.24. The maximum Gasteiger partial charge on any atom is 0.292 e. The normalized spacial score (nSPS) is 11.2. The fourth-order valence-electron chi connectivity index (χ4n) is 2.35. The second kappa shape index (κ2) is 6.24. The molecule has 6 heteroatoms. The molecule has 0 fully saturated rings. The van der Waals surface area contributed by atoms with Gasteiger partial charge in [-0.05, 0) is 17.5 Å². The van der Waals surface area contributed by atoms with Crippen LogP contribution in [0.5, 0.6) is 5.75 Å². The Morgan fingerprint density at radius 2 is 1.83 bits per heavy atom. The number of halogens is 1. The van der Waals surface area contributed by atoms with Gasteiger partial charge in [-0.1, -0.05) is 32.9 Å². The molecule has 0 saturated heterocycles. The number of nitrogens with one attached hydrogen (secondary N) is 1. The molecule has 0 aliphatic carbocycles. The van der Waals surface area contributed by atoms with Gasteiger partial charge in [0.15, 0.2) is 0 Å². The number of para-hydroxylation sites is 2. The van der Waals surface area contributed by atoms with Gasteiger partial charge in [-0.15, -0.1) is 0 Å². The lowest BCUT2D eigenvalue weighted by atomic mass is 9.85. The molecule has 1 N–H and O–H groups in total. The number of hydrogen-bond acceptors (Lipinski definition) is 4. The number of benzene rings is 2. The van der Waals surface area contributed by atoms with E-state index in [2.05, 4.69) is 5.32 Å². The molecule has 122 valence electrons. The van der Waals surface area contributed by atoms with Crippen LogP contribution in [0, 0.1) is 15.9 Å². The van der Waals surface area contributed by atoms with E-state index < -0.39 is 10.7 Å². The van der Waals surface area contributed by atoms with Crippen molar-refractivity contribution < 1.29 is 14.1 Å². The molecule has 0 bridgehead atoms. The number of anilines is 2. The van der Waals surface area contributed by atoms with Gasteiger partial charge in [0.25, 0.3) is 5.69 Å². The summed E-state index contributed by atoms with van der Waals surface area (Å²) in [4.78, 5) is 10.6. The third-order valence-corrected chi connectivity index (χ3v) is 3.44. The van der Waals surface area contributed by atoms with Crippen LogP contribution in [-0.4, -0.2) is 12.0 Å². The molecule has 2 aromatic carbocycles. The predicted octanol–water partition coefficient (Wildman–Crippen LogP) is 4.78. The standard InChI is InChI=1S/C17H19FN2O3/c1-17(2,3)12-9-11(18)10-14(16(12)23-4)19-13-7-5-6-8-15(13)20(21)22/h5-10,19H,1-4H3. The van der Waals surface area contributed by atoms with Gasteiger partial charge in [-0.2, -0.15) is 0 Å². The Hall–Kier alpha value is -2.63. The Labute approximate surface area is 134 Å². The minimum atomic E-state index is -0.487. The van der Waals surface area contributed by atoms with Crippen molar-refractivity contribution in [1.82, 2.24) is 0 Å². The van der Waals surface area contributed by atoms with Gasteiger partial charge < -0.3 is 10.1 Å². The SMILES string of the molecule is COc1c(Nc2ccccc2[N+](=O)[O-])cc(F)cc1C(C)(C)C. The van der Waals surface area contributed by atoms with Gasteiger partial charge in [-0.3, -0.25) is 10.1 Å². The minimum Gasteiger partial charge on any atom is -0.494 e. The molecule has 0 amide bonds. The van der Waals surface area contributed by atoms with E-state index in [-0.39, 0.29) is 16.8 Å². The Bertz CT molecular complexity index is 739. The van der Waals surface area contributed by atoms with Gasteiger partial charge in [0, 0.05) is 17.7 Å². The molecule has 0 saturated carbocycles. The third kappa shape index (κ3) is 3.59. The van der Waals surface area contributed by atoms with Crippen molar-refractivity contribution in [1.29, 1.82) is 0 Å². The highest BCUT2D eigenvalue weighted by Crippen LogP contribution is 2.40. The van der Waals surface area contributed by atoms with Gasteiger partial charge in [0.2, 0.25) is 0 Å². The number of rotatable bonds is 4. The van der Waals surface area contributed by atoms with E-state index >= 15 is 0 Å². The van der Waals surface area contributed by atoms with E-state index in [0.717, 1.165) is 0 Å².